The van der Waals surface area contributed by atoms with Gasteiger partial charge in [-0.15, -0.1) is 0 Å². The van der Waals surface area contributed by atoms with Crippen molar-refractivity contribution in [3.8, 4) is 34.1 Å². The van der Waals surface area contributed by atoms with Crippen LogP contribution >= 0.6 is 0 Å². The fraction of sp³-hybridized carbons (Fsp3) is 0.0400. The molecule has 0 saturated heterocycles. The normalized spacial score (nSPS) is 10.4. The molecule has 0 N–H and O–H groups in total. The van der Waals surface area contributed by atoms with Crippen LogP contribution in [0.3, 0.4) is 0 Å². The molecule has 4 aromatic rings. The van der Waals surface area contributed by atoms with Gasteiger partial charge in [-0.3, -0.25) is 9.36 Å². The summed E-state index contributed by atoms with van der Waals surface area (Å²) in [4.78, 5) is 13.1. The lowest BCUT2D eigenvalue weighted by molar-refractivity contribution is 0.993. The van der Waals surface area contributed by atoms with Gasteiger partial charge in [-0.2, -0.15) is 5.26 Å². The summed E-state index contributed by atoms with van der Waals surface area (Å²) >= 11 is 0. The van der Waals surface area contributed by atoms with Gasteiger partial charge in [-0.1, -0.05) is 66.7 Å². The molecule has 0 radical (unpaired) electrons. The second kappa shape index (κ2) is 7.38. The molecule has 0 saturated carbocycles. The summed E-state index contributed by atoms with van der Waals surface area (Å²) < 4.78 is 1.73. The Morgan fingerprint density at radius 3 is 2.18 bits per heavy atom. The van der Waals surface area contributed by atoms with Crippen molar-refractivity contribution < 1.29 is 0 Å². The summed E-state index contributed by atoms with van der Waals surface area (Å²) in [6.45, 7) is 1.93. The molecule has 3 aromatic carbocycles. The highest BCUT2D eigenvalue weighted by Crippen LogP contribution is 2.31. The first-order valence-electron chi connectivity index (χ1n) is 9.07. The van der Waals surface area contributed by atoms with Gasteiger partial charge in [0, 0.05) is 17.2 Å². The Labute approximate surface area is 163 Å². The molecule has 0 bridgehead atoms. The third-order valence-electron chi connectivity index (χ3n) is 4.73. The Morgan fingerprint density at radius 2 is 1.43 bits per heavy atom. The summed E-state index contributed by atoms with van der Waals surface area (Å²) in [5.41, 5.74) is 5.61. The maximum Gasteiger partial charge on any atom is 0.255 e. The fourth-order valence-electron chi connectivity index (χ4n) is 3.48. The molecule has 0 amide bonds. The van der Waals surface area contributed by atoms with E-state index in [1.807, 2.05) is 85.8 Å². The Kier molecular flexibility index (Phi) is 4.62. The third-order valence-corrected chi connectivity index (χ3v) is 4.73. The number of hydrogen-bond donors (Lipinski definition) is 0. The lowest BCUT2D eigenvalue weighted by Crippen LogP contribution is -2.20. The van der Waals surface area contributed by atoms with E-state index in [4.69, 9.17) is 0 Å². The topological polar surface area (TPSA) is 45.8 Å². The van der Waals surface area contributed by atoms with Crippen LogP contribution in [-0.4, -0.2) is 4.57 Å². The highest BCUT2D eigenvalue weighted by molar-refractivity contribution is 5.79. The van der Waals surface area contributed by atoms with Crippen LogP contribution in [0, 0.1) is 18.3 Å². The lowest BCUT2D eigenvalue weighted by atomic mass is 9.98. The molecular weight excluding hydrogens is 344 g/mol. The van der Waals surface area contributed by atoms with Crippen LogP contribution in [0.4, 0.5) is 0 Å². The van der Waals surface area contributed by atoms with Gasteiger partial charge in [0.1, 0.15) is 0 Å². The average molecular weight is 362 g/mol. The van der Waals surface area contributed by atoms with E-state index in [-0.39, 0.29) is 5.56 Å². The second-order valence-electron chi connectivity index (χ2n) is 6.63. The van der Waals surface area contributed by atoms with Gasteiger partial charge in [0.2, 0.25) is 0 Å². The first kappa shape index (κ1) is 17.5. The molecule has 0 aliphatic carbocycles. The number of para-hydroxylation sites is 1. The number of benzene rings is 3. The summed E-state index contributed by atoms with van der Waals surface area (Å²) in [7, 11) is 0. The van der Waals surface area contributed by atoms with Crippen LogP contribution in [0.1, 0.15) is 11.1 Å². The smallest absolute Gasteiger partial charge is 0.255 e. The Bertz CT molecular complexity index is 1250. The summed E-state index contributed by atoms with van der Waals surface area (Å²) in [6, 6.07) is 31.0. The first-order chi connectivity index (χ1) is 13.7. The number of hydrogen-bond acceptors (Lipinski definition) is 2. The number of rotatable bonds is 3. The third kappa shape index (κ3) is 3.13. The van der Waals surface area contributed by atoms with E-state index in [0.29, 0.717) is 5.56 Å². The van der Waals surface area contributed by atoms with E-state index in [1.54, 1.807) is 16.7 Å². The Hall–Kier alpha value is -3.90. The van der Waals surface area contributed by atoms with Crippen molar-refractivity contribution in [2.75, 3.05) is 0 Å². The molecule has 0 fully saturated rings. The summed E-state index contributed by atoms with van der Waals surface area (Å²) in [6.07, 6.45) is 0. The van der Waals surface area contributed by atoms with E-state index >= 15 is 0 Å². The van der Waals surface area contributed by atoms with E-state index in [0.717, 1.165) is 33.6 Å². The number of aromatic nitrogens is 1. The highest BCUT2D eigenvalue weighted by Gasteiger charge is 2.15. The summed E-state index contributed by atoms with van der Waals surface area (Å²) in [5, 5.41) is 9.55. The second-order valence-corrected chi connectivity index (χ2v) is 6.63. The molecule has 0 spiro atoms. The number of nitrogens with zero attached hydrogens (tertiary/aromatic N) is 2. The standard InChI is InChI=1S/C25H18N2O/c1-18-15-24(19-9-3-2-4-10-19)27(25(28)16-18)23-14-8-7-13-22(23)21-12-6-5-11-20(21)17-26/h2-16H,1H3. The number of aryl methyl sites for hydroxylation is 1. The van der Waals surface area contributed by atoms with Crippen LogP contribution in [0.2, 0.25) is 0 Å². The van der Waals surface area contributed by atoms with E-state index in [9.17, 15) is 10.1 Å². The van der Waals surface area contributed by atoms with Gasteiger partial charge in [-0.05, 0) is 36.2 Å². The number of pyridine rings is 1. The van der Waals surface area contributed by atoms with Crippen molar-refractivity contribution in [3.63, 3.8) is 0 Å². The maximum absolute atomic E-state index is 13.1. The quantitative estimate of drug-likeness (QED) is 0.493. The van der Waals surface area contributed by atoms with Gasteiger partial charge >= 0.3 is 0 Å². The molecule has 1 aromatic heterocycles. The zero-order chi connectivity index (χ0) is 19.5. The van der Waals surface area contributed by atoms with Gasteiger partial charge in [0.05, 0.1) is 23.0 Å². The molecule has 1 heterocycles. The van der Waals surface area contributed by atoms with Gasteiger partial charge in [0.25, 0.3) is 5.56 Å². The molecule has 3 nitrogen and oxygen atoms in total. The van der Waals surface area contributed by atoms with Crippen molar-refractivity contribution in [1.82, 2.24) is 4.57 Å². The van der Waals surface area contributed by atoms with E-state index in [1.165, 1.54) is 0 Å². The highest BCUT2D eigenvalue weighted by atomic mass is 16.1. The predicted octanol–water partition coefficient (Wildman–Crippen LogP) is 5.35. The molecule has 134 valence electrons. The van der Waals surface area contributed by atoms with E-state index in [2.05, 4.69) is 6.07 Å². The van der Waals surface area contributed by atoms with Crippen LogP contribution in [-0.2, 0) is 0 Å². The maximum atomic E-state index is 13.1. The van der Waals surface area contributed by atoms with Crippen LogP contribution < -0.4 is 5.56 Å². The van der Waals surface area contributed by atoms with Crippen LogP contribution in [0.5, 0.6) is 0 Å². The molecule has 0 atom stereocenters. The minimum Gasteiger partial charge on any atom is -0.276 e. The van der Waals surface area contributed by atoms with Gasteiger partial charge < -0.3 is 0 Å². The molecule has 28 heavy (non-hydrogen) atoms. The molecule has 3 heteroatoms. The average Bonchev–Trinajstić information content (AvgIpc) is 2.74. The zero-order valence-corrected chi connectivity index (χ0v) is 15.5. The van der Waals surface area contributed by atoms with Gasteiger partial charge in [-0.25, -0.2) is 0 Å². The summed E-state index contributed by atoms with van der Waals surface area (Å²) in [5.74, 6) is 0. The SMILES string of the molecule is Cc1cc(-c2ccccc2)n(-c2ccccc2-c2ccccc2C#N)c(=O)c1. The predicted molar refractivity (Wildman–Crippen MR) is 112 cm³/mol. The monoisotopic (exact) mass is 362 g/mol. The lowest BCUT2D eigenvalue weighted by Gasteiger charge is -2.18. The van der Waals surface area contributed by atoms with Crippen molar-refractivity contribution >= 4 is 0 Å². The molecule has 4 rings (SSSR count). The fourth-order valence-corrected chi connectivity index (χ4v) is 3.48. The minimum atomic E-state index is -0.0965. The van der Waals surface area contributed by atoms with Crippen LogP contribution in [0.25, 0.3) is 28.1 Å². The van der Waals surface area contributed by atoms with E-state index < -0.39 is 0 Å². The molecule has 0 unspecified atom stereocenters. The molecule has 0 aliphatic heterocycles. The zero-order valence-electron chi connectivity index (χ0n) is 15.5. The van der Waals surface area contributed by atoms with Crippen LogP contribution in [0.15, 0.2) is 95.8 Å². The molecule has 0 aliphatic rings. The number of nitriles is 1. The molecular formula is C25H18N2O. The van der Waals surface area contributed by atoms with Crippen molar-refractivity contribution in [2.24, 2.45) is 0 Å². The Morgan fingerprint density at radius 1 is 0.786 bits per heavy atom. The Balaban J connectivity index is 2.06. The van der Waals surface area contributed by atoms with Crippen molar-refractivity contribution in [3.05, 3.63) is 112 Å². The van der Waals surface area contributed by atoms with Crippen molar-refractivity contribution in [2.45, 2.75) is 6.92 Å². The van der Waals surface area contributed by atoms with Gasteiger partial charge in [0.15, 0.2) is 0 Å². The minimum absolute atomic E-state index is 0.0965. The largest absolute Gasteiger partial charge is 0.276 e. The van der Waals surface area contributed by atoms with Crippen molar-refractivity contribution in [1.29, 1.82) is 5.26 Å². The first-order valence-corrected chi connectivity index (χ1v) is 9.07.